The van der Waals surface area contributed by atoms with E-state index in [9.17, 15) is 15.0 Å². The molecule has 0 radical (unpaired) electrons. The molecular weight excluding hydrogens is 304 g/mol. The van der Waals surface area contributed by atoms with Crippen molar-refractivity contribution in [1.82, 2.24) is 0 Å². The molecule has 0 bridgehead atoms. The van der Waals surface area contributed by atoms with Gasteiger partial charge < -0.3 is 14.9 Å². The molecule has 0 aromatic rings. The number of aliphatic hydroxyl groups excluding tert-OH is 2. The van der Waals surface area contributed by atoms with Gasteiger partial charge in [0.1, 0.15) is 5.60 Å². The van der Waals surface area contributed by atoms with Crippen LogP contribution in [0.4, 0.5) is 0 Å². The third kappa shape index (κ3) is 2.87. The zero-order valence-electron chi connectivity index (χ0n) is 15.0. The Kier molecular flexibility index (Phi) is 5.48. The first kappa shape index (κ1) is 18.1. The first-order valence-corrected chi connectivity index (χ1v) is 9.69. The van der Waals surface area contributed by atoms with Crippen molar-refractivity contribution in [1.29, 1.82) is 0 Å². The van der Waals surface area contributed by atoms with E-state index in [-0.39, 0.29) is 23.5 Å². The number of ketones is 1. The molecule has 0 aromatic carbocycles. The Hall–Kier alpha value is -0.710. The van der Waals surface area contributed by atoms with Crippen molar-refractivity contribution in [3.05, 3.63) is 12.2 Å². The summed E-state index contributed by atoms with van der Waals surface area (Å²) in [4.78, 5) is 12.5. The Morgan fingerprint density at radius 1 is 1.29 bits per heavy atom. The molecule has 3 fully saturated rings. The van der Waals surface area contributed by atoms with Crippen molar-refractivity contribution in [3.8, 4) is 0 Å². The van der Waals surface area contributed by atoms with Crippen LogP contribution in [0.2, 0.25) is 0 Å². The minimum atomic E-state index is -0.704. The first-order chi connectivity index (χ1) is 11.5. The topological polar surface area (TPSA) is 66.8 Å². The lowest BCUT2D eigenvalue weighted by Crippen LogP contribution is -2.69. The maximum absolute atomic E-state index is 12.5. The van der Waals surface area contributed by atoms with Gasteiger partial charge in [0.15, 0.2) is 5.78 Å². The SMILES string of the molecule is CCC1C(=O)C2(OC)CCC(O)C(C=CC(O)C3CCCCC3)C12. The third-order valence-corrected chi connectivity index (χ3v) is 6.86. The van der Waals surface area contributed by atoms with E-state index < -0.39 is 17.8 Å². The van der Waals surface area contributed by atoms with Crippen LogP contribution in [-0.4, -0.2) is 40.9 Å². The molecule has 3 aliphatic rings. The molecule has 2 N–H and O–H groups in total. The molecule has 4 heteroatoms. The van der Waals surface area contributed by atoms with Gasteiger partial charge in [0.25, 0.3) is 0 Å². The lowest BCUT2D eigenvalue weighted by Gasteiger charge is -2.58. The zero-order chi connectivity index (χ0) is 17.3. The zero-order valence-corrected chi connectivity index (χ0v) is 15.0. The predicted octanol–water partition coefficient (Wildman–Crippen LogP) is 2.87. The van der Waals surface area contributed by atoms with E-state index in [1.54, 1.807) is 7.11 Å². The van der Waals surface area contributed by atoms with Crippen molar-refractivity contribution in [2.45, 2.75) is 76.1 Å². The molecular formula is C20H32O4. The van der Waals surface area contributed by atoms with E-state index >= 15 is 0 Å². The van der Waals surface area contributed by atoms with Gasteiger partial charge in [0, 0.05) is 24.9 Å². The van der Waals surface area contributed by atoms with Crippen molar-refractivity contribution < 1.29 is 19.7 Å². The summed E-state index contributed by atoms with van der Waals surface area (Å²) in [6.45, 7) is 2.03. The number of hydrogen-bond acceptors (Lipinski definition) is 4. The molecule has 0 saturated heterocycles. The molecule has 6 atom stereocenters. The average molecular weight is 336 g/mol. The Labute approximate surface area is 145 Å². The van der Waals surface area contributed by atoms with Gasteiger partial charge in [-0.3, -0.25) is 4.79 Å². The van der Waals surface area contributed by atoms with Crippen LogP contribution in [0.15, 0.2) is 12.2 Å². The molecule has 0 spiro atoms. The third-order valence-electron chi connectivity index (χ3n) is 6.86. The highest BCUT2D eigenvalue weighted by Crippen LogP contribution is 2.55. The molecule has 0 aliphatic heterocycles. The minimum Gasteiger partial charge on any atom is -0.393 e. The number of hydrogen-bond donors (Lipinski definition) is 2. The highest BCUT2D eigenvalue weighted by Gasteiger charge is 2.66. The molecule has 3 saturated carbocycles. The van der Waals surface area contributed by atoms with Gasteiger partial charge in [-0.25, -0.2) is 0 Å². The summed E-state index contributed by atoms with van der Waals surface area (Å²) >= 11 is 0. The maximum Gasteiger partial charge on any atom is 0.168 e. The second-order valence-corrected chi connectivity index (χ2v) is 7.96. The molecule has 0 amide bonds. The van der Waals surface area contributed by atoms with Crippen molar-refractivity contribution >= 4 is 5.78 Å². The highest BCUT2D eigenvalue weighted by atomic mass is 16.5. The van der Waals surface area contributed by atoms with E-state index in [4.69, 9.17) is 4.74 Å². The van der Waals surface area contributed by atoms with Crippen LogP contribution in [0, 0.1) is 23.7 Å². The van der Waals surface area contributed by atoms with Gasteiger partial charge in [-0.2, -0.15) is 0 Å². The van der Waals surface area contributed by atoms with Crippen molar-refractivity contribution in [2.75, 3.05) is 7.11 Å². The molecule has 24 heavy (non-hydrogen) atoms. The molecule has 136 valence electrons. The van der Waals surface area contributed by atoms with E-state index in [1.165, 1.54) is 19.3 Å². The summed E-state index contributed by atoms with van der Waals surface area (Å²) in [6, 6.07) is 0. The second kappa shape index (κ2) is 7.27. The van der Waals surface area contributed by atoms with Gasteiger partial charge >= 0.3 is 0 Å². The molecule has 0 heterocycles. The standard InChI is InChI=1S/C20H32O4/c1-3-14-18-15(9-10-16(21)13-7-5-4-6-8-13)17(22)11-12-20(18,24-2)19(14)23/h9-10,13-18,21-22H,3-8,11-12H2,1-2H3. The largest absolute Gasteiger partial charge is 0.393 e. The van der Waals surface area contributed by atoms with Crippen molar-refractivity contribution in [2.24, 2.45) is 23.7 Å². The number of rotatable bonds is 5. The number of Topliss-reactive ketones (excluding diaryl/α,β-unsaturated/α-hetero) is 1. The lowest BCUT2D eigenvalue weighted by atomic mass is 9.49. The number of carbonyl (C=O) groups is 1. The average Bonchev–Trinajstić information content (AvgIpc) is 2.62. The van der Waals surface area contributed by atoms with E-state index in [2.05, 4.69) is 0 Å². The molecule has 0 aromatic heterocycles. The van der Waals surface area contributed by atoms with Gasteiger partial charge in [-0.15, -0.1) is 0 Å². The summed E-state index contributed by atoms with van der Waals surface area (Å²) in [5.41, 5.74) is -0.704. The number of methoxy groups -OCH3 is 1. The summed E-state index contributed by atoms with van der Waals surface area (Å²) in [6.07, 6.45) is 10.8. The predicted molar refractivity (Wildman–Crippen MR) is 92.5 cm³/mol. The summed E-state index contributed by atoms with van der Waals surface area (Å²) < 4.78 is 5.67. The smallest absolute Gasteiger partial charge is 0.168 e. The van der Waals surface area contributed by atoms with Crippen LogP contribution in [0.3, 0.4) is 0 Å². The molecule has 3 aliphatic carbocycles. The molecule has 4 nitrogen and oxygen atoms in total. The Balaban J connectivity index is 1.74. The van der Waals surface area contributed by atoms with Gasteiger partial charge in [0.2, 0.25) is 0 Å². The molecule has 6 unspecified atom stereocenters. The lowest BCUT2D eigenvalue weighted by molar-refractivity contribution is -0.208. The fraction of sp³-hybridized carbons (Fsp3) is 0.850. The van der Waals surface area contributed by atoms with Crippen LogP contribution >= 0.6 is 0 Å². The monoisotopic (exact) mass is 336 g/mol. The number of carbonyl (C=O) groups excluding carboxylic acids is 1. The van der Waals surface area contributed by atoms with Crippen LogP contribution in [-0.2, 0) is 9.53 Å². The van der Waals surface area contributed by atoms with Crippen molar-refractivity contribution in [3.63, 3.8) is 0 Å². The van der Waals surface area contributed by atoms with Gasteiger partial charge in [0.05, 0.1) is 12.2 Å². The number of aliphatic hydroxyl groups is 2. The van der Waals surface area contributed by atoms with Gasteiger partial charge in [-0.1, -0.05) is 38.3 Å². The maximum atomic E-state index is 12.5. The van der Waals surface area contributed by atoms with Crippen LogP contribution in [0.1, 0.15) is 58.3 Å². The number of fused-ring (bicyclic) bond motifs is 1. The first-order valence-electron chi connectivity index (χ1n) is 9.69. The summed E-state index contributed by atoms with van der Waals surface area (Å²) in [5, 5.41) is 21.0. The fourth-order valence-electron chi connectivity index (χ4n) is 5.43. The minimum absolute atomic E-state index is 0.0265. The Bertz CT molecular complexity index is 482. The second-order valence-electron chi connectivity index (χ2n) is 7.96. The van der Waals surface area contributed by atoms with E-state index in [0.29, 0.717) is 18.8 Å². The van der Waals surface area contributed by atoms with E-state index in [1.807, 2.05) is 19.1 Å². The Morgan fingerprint density at radius 2 is 2.00 bits per heavy atom. The number of ether oxygens (including phenoxy) is 1. The van der Waals surface area contributed by atoms with Crippen LogP contribution < -0.4 is 0 Å². The van der Waals surface area contributed by atoms with E-state index in [0.717, 1.165) is 19.3 Å². The van der Waals surface area contributed by atoms with Crippen LogP contribution in [0.5, 0.6) is 0 Å². The van der Waals surface area contributed by atoms with Gasteiger partial charge in [-0.05, 0) is 38.0 Å². The Morgan fingerprint density at radius 3 is 2.62 bits per heavy atom. The normalized spacial score (nSPS) is 41.9. The summed E-state index contributed by atoms with van der Waals surface area (Å²) in [7, 11) is 1.62. The summed E-state index contributed by atoms with van der Waals surface area (Å²) in [5.74, 6) is 0.461. The molecule has 3 rings (SSSR count). The van der Waals surface area contributed by atoms with Crippen LogP contribution in [0.25, 0.3) is 0 Å². The highest BCUT2D eigenvalue weighted by molar-refractivity contribution is 5.97. The fourth-order valence-corrected chi connectivity index (χ4v) is 5.43. The quantitative estimate of drug-likeness (QED) is 0.758.